The number of aliphatic hydroxyl groups is 2. The first-order chi connectivity index (χ1) is 16.2. The molecule has 0 saturated carbocycles. The van der Waals surface area contributed by atoms with E-state index in [1.807, 2.05) is 0 Å². The van der Waals surface area contributed by atoms with E-state index in [1.54, 1.807) is 9.88 Å². The van der Waals surface area contributed by atoms with Gasteiger partial charge in [0.25, 0.3) is 0 Å². The second kappa shape index (κ2) is 11.6. The van der Waals surface area contributed by atoms with Crippen molar-refractivity contribution in [1.29, 1.82) is 0 Å². The Morgan fingerprint density at radius 1 is 1.24 bits per heavy atom. The number of nitrogens with zero attached hydrogens (tertiary/aromatic N) is 4. The van der Waals surface area contributed by atoms with Crippen molar-refractivity contribution in [3.63, 3.8) is 0 Å². The molecular weight excluding hydrogens is 467 g/mol. The van der Waals surface area contributed by atoms with Crippen molar-refractivity contribution in [1.82, 2.24) is 24.8 Å². The maximum absolute atomic E-state index is 12.0. The van der Waals surface area contributed by atoms with E-state index in [0.29, 0.717) is 17.7 Å². The van der Waals surface area contributed by atoms with Crippen LogP contribution in [0.4, 0.5) is 24.9 Å². The maximum atomic E-state index is 12.0. The number of carbonyl (C=O) groups is 1. The molecule has 3 rings (SSSR count). The minimum Gasteiger partial charge on any atom is -0.394 e. The number of nitrogen functional groups attached to an aromatic ring is 1. The van der Waals surface area contributed by atoms with Crippen molar-refractivity contribution in [2.45, 2.75) is 31.0 Å². The number of amides is 1. The molecule has 0 unspecified atom stereocenters. The van der Waals surface area contributed by atoms with Crippen molar-refractivity contribution < 1.29 is 42.4 Å². The second-order valence-corrected chi connectivity index (χ2v) is 7.28. The third-order valence-electron chi connectivity index (χ3n) is 4.83. The van der Waals surface area contributed by atoms with E-state index >= 15 is 0 Å². The number of halogens is 3. The number of aliphatic hydroxyl groups excluding tert-OH is 2. The van der Waals surface area contributed by atoms with Crippen molar-refractivity contribution in [2.75, 3.05) is 57.2 Å². The molecule has 0 bridgehead atoms. The van der Waals surface area contributed by atoms with Crippen LogP contribution in [-0.4, -0.2) is 100 Å². The molecule has 16 heteroatoms. The fourth-order valence-corrected chi connectivity index (χ4v) is 3.17. The molecule has 1 fully saturated rings. The summed E-state index contributed by atoms with van der Waals surface area (Å²) in [5.41, 5.74) is 6.74. The molecule has 34 heavy (non-hydrogen) atoms. The molecule has 2 aromatic rings. The molecule has 1 saturated heterocycles. The number of ether oxygens (including phenoxy) is 3. The van der Waals surface area contributed by atoms with Gasteiger partial charge in [-0.1, -0.05) is 0 Å². The molecule has 3 heterocycles. The van der Waals surface area contributed by atoms with E-state index in [9.17, 15) is 28.2 Å². The number of hydrogen-bond donors (Lipinski definition) is 5. The lowest BCUT2D eigenvalue weighted by Crippen LogP contribution is -2.38. The Bertz CT molecular complexity index is 960. The Hall–Kier alpha value is -2.79. The van der Waals surface area contributed by atoms with E-state index in [1.165, 1.54) is 6.33 Å². The molecule has 0 aliphatic carbocycles. The van der Waals surface area contributed by atoms with Crippen LogP contribution in [0.5, 0.6) is 0 Å². The van der Waals surface area contributed by atoms with Crippen LogP contribution in [0.25, 0.3) is 11.2 Å². The highest BCUT2D eigenvalue weighted by Crippen LogP contribution is 2.31. The number of rotatable bonds is 12. The van der Waals surface area contributed by atoms with Gasteiger partial charge in [-0.25, -0.2) is 4.98 Å². The van der Waals surface area contributed by atoms with Gasteiger partial charge in [-0.2, -0.15) is 23.1 Å². The normalized spacial score (nSPS) is 20.7. The Labute approximate surface area is 191 Å². The highest BCUT2D eigenvalue weighted by molar-refractivity contribution is 5.83. The Morgan fingerprint density at radius 3 is 2.59 bits per heavy atom. The lowest BCUT2D eigenvalue weighted by Gasteiger charge is -2.14. The molecule has 190 valence electrons. The van der Waals surface area contributed by atoms with Gasteiger partial charge in [0.15, 0.2) is 11.5 Å². The standard InChI is InChI=1S/C18H26F3N7O6/c19-18(20,21)16(31)23-1-3-32-5-6-33-4-2-24-17-26-14(22)13-15(27-17)28(9-25-13)12-7-10(30)11(8-29)34-12/h9-12,29-30H,1-8H2,(H,23,31)(H3,22,24,26,27)/t10-,11+,12+/m0/s1. The quantitative estimate of drug-likeness (QED) is 0.233. The SMILES string of the molecule is Nc1nc(NCCOCCOCCNC(=O)C(F)(F)F)nc2c1ncn2[C@H]1C[C@H](O)[C@@H](CO)O1. The zero-order chi connectivity index (χ0) is 24.7. The Balaban J connectivity index is 1.38. The number of hydrogen-bond acceptors (Lipinski definition) is 11. The predicted octanol–water partition coefficient (Wildman–Crippen LogP) is -0.827. The van der Waals surface area contributed by atoms with Gasteiger partial charge in [-0.3, -0.25) is 9.36 Å². The van der Waals surface area contributed by atoms with Gasteiger partial charge in [0.2, 0.25) is 5.95 Å². The van der Waals surface area contributed by atoms with Gasteiger partial charge in [0.1, 0.15) is 17.8 Å². The summed E-state index contributed by atoms with van der Waals surface area (Å²) in [6.45, 7) is 0.259. The summed E-state index contributed by atoms with van der Waals surface area (Å²) in [5.74, 6) is -1.63. The molecule has 1 aliphatic heterocycles. The van der Waals surface area contributed by atoms with Gasteiger partial charge in [-0.05, 0) is 0 Å². The third-order valence-corrected chi connectivity index (χ3v) is 4.83. The number of carbonyl (C=O) groups excluding carboxylic acids is 1. The molecule has 2 aromatic heterocycles. The van der Waals surface area contributed by atoms with E-state index in [0.717, 1.165) is 0 Å². The zero-order valence-electron chi connectivity index (χ0n) is 18.0. The van der Waals surface area contributed by atoms with Crippen LogP contribution in [0.2, 0.25) is 0 Å². The molecule has 0 radical (unpaired) electrons. The first-order valence-corrected chi connectivity index (χ1v) is 10.4. The summed E-state index contributed by atoms with van der Waals surface area (Å²) >= 11 is 0. The van der Waals surface area contributed by atoms with Crippen LogP contribution in [-0.2, 0) is 19.0 Å². The minimum absolute atomic E-state index is 0.0783. The summed E-state index contributed by atoms with van der Waals surface area (Å²) in [5, 5.41) is 23.9. The number of nitrogens with one attached hydrogen (secondary N) is 2. The summed E-state index contributed by atoms with van der Waals surface area (Å²) in [7, 11) is 0. The summed E-state index contributed by atoms with van der Waals surface area (Å²) in [4.78, 5) is 23.4. The topological polar surface area (TPSA) is 179 Å². The van der Waals surface area contributed by atoms with Crippen LogP contribution in [0.15, 0.2) is 6.33 Å². The van der Waals surface area contributed by atoms with Crippen LogP contribution in [0.1, 0.15) is 12.6 Å². The number of imidazole rings is 1. The summed E-state index contributed by atoms with van der Waals surface area (Å²) in [6.07, 6.45) is -5.25. The van der Waals surface area contributed by atoms with E-state index < -0.39 is 30.5 Å². The molecule has 13 nitrogen and oxygen atoms in total. The van der Waals surface area contributed by atoms with Gasteiger partial charge >= 0.3 is 12.1 Å². The van der Waals surface area contributed by atoms with Gasteiger partial charge in [-0.15, -0.1) is 0 Å². The summed E-state index contributed by atoms with van der Waals surface area (Å²) in [6, 6.07) is 0. The van der Waals surface area contributed by atoms with E-state index in [2.05, 4.69) is 20.3 Å². The van der Waals surface area contributed by atoms with Crippen molar-refractivity contribution in [3.8, 4) is 0 Å². The fraction of sp³-hybridized carbons (Fsp3) is 0.667. The predicted molar refractivity (Wildman–Crippen MR) is 111 cm³/mol. The molecule has 1 amide bonds. The van der Waals surface area contributed by atoms with E-state index in [-0.39, 0.29) is 57.8 Å². The number of alkyl halides is 3. The van der Waals surface area contributed by atoms with E-state index in [4.69, 9.17) is 19.9 Å². The van der Waals surface area contributed by atoms with Crippen LogP contribution in [0, 0.1) is 0 Å². The molecular formula is C18H26F3N7O6. The van der Waals surface area contributed by atoms with Crippen LogP contribution < -0.4 is 16.4 Å². The smallest absolute Gasteiger partial charge is 0.394 e. The third kappa shape index (κ3) is 6.63. The monoisotopic (exact) mass is 493 g/mol. The lowest BCUT2D eigenvalue weighted by molar-refractivity contribution is -0.173. The van der Waals surface area contributed by atoms with Crippen LogP contribution >= 0.6 is 0 Å². The van der Waals surface area contributed by atoms with Gasteiger partial charge < -0.3 is 40.8 Å². The highest BCUT2D eigenvalue weighted by atomic mass is 19.4. The number of fused-ring (bicyclic) bond motifs is 1. The first-order valence-electron chi connectivity index (χ1n) is 10.4. The average molecular weight is 493 g/mol. The second-order valence-electron chi connectivity index (χ2n) is 7.28. The lowest BCUT2D eigenvalue weighted by atomic mass is 10.2. The Morgan fingerprint density at radius 2 is 1.94 bits per heavy atom. The van der Waals surface area contributed by atoms with Crippen molar-refractivity contribution in [2.24, 2.45) is 0 Å². The molecule has 3 atom stereocenters. The Kier molecular flexibility index (Phi) is 8.78. The fourth-order valence-electron chi connectivity index (χ4n) is 3.17. The number of aromatic nitrogens is 4. The maximum Gasteiger partial charge on any atom is 0.471 e. The molecule has 1 aliphatic rings. The first kappa shape index (κ1) is 25.8. The highest BCUT2D eigenvalue weighted by Gasteiger charge is 2.38. The molecule has 0 aromatic carbocycles. The molecule has 0 spiro atoms. The number of anilines is 2. The average Bonchev–Trinajstić information content (AvgIpc) is 3.37. The minimum atomic E-state index is -4.91. The summed E-state index contributed by atoms with van der Waals surface area (Å²) < 4.78 is 53.7. The van der Waals surface area contributed by atoms with Crippen LogP contribution in [0.3, 0.4) is 0 Å². The van der Waals surface area contributed by atoms with Gasteiger partial charge in [0, 0.05) is 19.5 Å². The van der Waals surface area contributed by atoms with Crippen molar-refractivity contribution >= 4 is 28.8 Å². The van der Waals surface area contributed by atoms with Crippen molar-refractivity contribution in [3.05, 3.63) is 6.33 Å². The van der Waals surface area contributed by atoms with Gasteiger partial charge in [0.05, 0.1) is 45.5 Å². The zero-order valence-corrected chi connectivity index (χ0v) is 18.0. The largest absolute Gasteiger partial charge is 0.471 e. The number of nitrogens with two attached hydrogens (primary N) is 1. The molecule has 6 N–H and O–H groups in total.